The van der Waals surface area contributed by atoms with Gasteiger partial charge in [0, 0.05) is 17.3 Å². The molecule has 16 heavy (non-hydrogen) atoms. The topological polar surface area (TPSA) is 29.1 Å². The molecule has 2 heteroatoms. The van der Waals surface area contributed by atoms with E-state index in [1.54, 1.807) is 6.92 Å². The normalized spacial score (nSPS) is 22.9. The Morgan fingerprint density at radius 3 is 2.62 bits per heavy atom. The van der Waals surface area contributed by atoms with Gasteiger partial charge >= 0.3 is 0 Å². The van der Waals surface area contributed by atoms with Gasteiger partial charge in [-0.25, -0.2) is 0 Å². The van der Waals surface area contributed by atoms with E-state index in [0.29, 0.717) is 6.04 Å². The molecule has 1 fully saturated rings. The summed E-state index contributed by atoms with van der Waals surface area (Å²) in [6.07, 6.45) is 3.89. The summed E-state index contributed by atoms with van der Waals surface area (Å²) in [6, 6.07) is 8.43. The molecule has 1 aromatic carbocycles. The van der Waals surface area contributed by atoms with Crippen LogP contribution in [0.15, 0.2) is 24.3 Å². The summed E-state index contributed by atoms with van der Waals surface area (Å²) in [7, 11) is 0. The largest absolute Gasteiger partial charge is 0.382 e. The second-order valence-electron chi connectivity index (χ2n) is 4.67. The van der Waals surface area contributed by atoms with Crippen LogP contribution in [0.5, 0.6) is 0 Å². The third kappa shape index (κ3) is 2.63. The van der Waals surface area contributed by atoms with Crippen molar-refractivity contribution in [2.45, 2.75) is 39.2 Å². The van der Waals surface area contributed by atoms with Crippen molar-refractivity contribution in [2.75, 3.05) is 5.32 Å². The van der Waals surface area contributed by atoms with Gasteiger partial charge in [0.2, 0.25) is 0 Å². The molecule has 0 amide bonds. The van der Waals surface area contributed by atoms with Crippen LogP contribution >= 0.6 is 0 Å². The second-order valence-corrected chi connectivity index (χ2v) is 4.67. The van der Waals surface area contributed by atoms with Gasteiger partial charge < -0.3 is 5.32 Å². The van der Waals surface area contributed by atoms with Gasteiger partial charge in [-0.1, -0.05) is 13.3 Å². The smallest absolute Gasteiger partial charge is 0.159 e. The summed E-state index contributed by atoms with van der Waals surface area (Å²) in [5.41, 5.74) is 1.92. The van der Waals surface area contributed by atoms with Crippen LogP contribution in [-0.4, -0.2) is 11.8 Å². The highest BCUT2D eigenvalue weighted by Crippen LogP contribution is 2.37. The molecule has 0 radical (unpaired) electrons. The first-order valence-electron chi connectivity index (χ1n) is 6.08. The molecule has 1 aliphatic carbocycles. The van der Waals surface area contributed by atoms with Gasteiger partial charge in [0.15, 0.2) is 5.78 Å². The van der Waals surface area contributed by atoms with Gasteiger partial charge in [-0.3, -0.25) is 4.79 Å². The minimum atomic E-state index is 0.127. The first-order valence-corrected chi connectivity index (χ1v) is 6.08. The number of benzene rings is 1. The molecule has 2 rings (SSSR count). The molecule has 1 aliphatic rings. The van der Waals surface area contributed by atoms with Gasteiger partial charge in [0.25, 0.3) is 0 Å². The highest BCUT2D eigenvalue weighted by Gasteiger charge is 2.35. The lowest BCUT2D eigenvalue weighted by atomic mass is 10.1. The maximum Gasteiger partial charge on any atom is 0.159 e. The van der Waals surface area contributed by atoms with Crippen molar-refractivity contribution in [3.8, 4) is 0 Å². The maximum absolute atomic E-state index is 11.1. The Kier molecular flexibility index (Phi) is 3.28. The van der Waals surface area contributed by atoms with E-state index in [4.69, 9.17) is 0 Å². The fourth-order valence-corrected chi connectivity index (χ4v) is 2.13. The molecule has 2 unspecified atom stereocenters. The first kappa shape index (κ1) is 11.2. The number of hydrogen-bond donors (Lipinski definition) is 1. The molecule has 0 spiro atoms. The molecule has 1 aromatic rings. The van der Waals surface area contributed by atoms with Crippen LogP contribution in [-0.2, 0) is 0 Å². The van der Waals surface area contributed by atoms with Gasteiger partial charge in [0.05, 0.1) is 0 Å². The van der Waals surface area contributed by atoms with E-state index in [2.05, 4.69) is 12.2 Å². The summed E-state index contributed by atoms with van der Waals surface area (Å²) in [6.45, 7) is 3.83. The minimum Gasteiger partial charge on any atom is -0.382 e. The fraction of sp³-hybridized carbons (Fsp3) is 0.500. The molecular weight excluding hydrogens is 198 g/mol. The van der Waals surface area contributed by atoms with Gasteiger partial charge in [-0.15, -0.1) is 0 Å². The SMILES string of the molecule is CCCC1CC1Nc1ccc(C(C)=O)cc1. The Hall–Kier alpha value is -1.31. The predicted molar refractivity (Wildman–Crippen MR) is 66.9 cm³/mol. The monoisotopic (exact) mass is 217 g/mol. The van der Waals surface area contributed by atoms with Crippen LogP contribution in [0.2, 0.25) is 0 Å². The zero-order chi connectivity index (χ0) is 11.5. The Bertz CT molecular complexity index is 369. The second kappa shape index (κ2) is 4.69. The molecule has 2 atom stereocenters. The quantitative estimate of drug-likeness (QED) is 0.765. The summed E-state index contributed by atoms with van der Waals surface area (Å²) >= 11 is 0. The molecule has 0 aromatic heterocycles. The third-order valence-corrected chi connectivity index (χ3v) is 3.23. The zero-order valence-corrected chi connectivity index (χ0v) is 9.99. The van der Waals surface area contributed by atoms with Crippen molar-refractivity contribution in [1.82, 2.24) is 0 Å². The molecule has 1 N–H and O–H groups in total. The van der Waals surface area contributed by atoms with E-state index >= 15 is 0 Å². The predicted octanol–water partition coefficient (Wildman–Crippen LogP) is 3.49. The van der Waals surface area contributed by atoms with Crippen LogP contribution in [0.3, 0.4) is 0 Å². The third-order valence-electron chi connectivity index (χ3n) is 3.23. The van der Waals surface area contributed by atoms with Gasteiger partial charge in [0.1, 0.15) is 0 Å². The van der Waals surface area contributed by atoms with Crippen LogP contribution in [0, 0.1) is 5.92 Å². The van der Waals surface area contributed by atoms with Gasteiger partial charge in [-0.05, 0) is 49.9 Å². The van der Waals surface area contributed by atoms with Crippen LogP contribution in [0.1, 0.15) is 43.5 Å². The molecule has 0 bridgehead atoms. The van der Waals surface area contributed by atoms with Crippen molar-refractivity contribution in [1.29, 1.82) is 0 Å². The maximum atomic E-state index is 11.1. The lowest BCUT2D eigenvalue weighted by Gasteiger charge is -2.06. The summed E-state index contributed by atoms with van der Waals surface area (Å²) < 4.78 is 0. The highest BCUT2D eigenvalue weighted by molar-refractivity contribution is 5.94. The molecule has 1 saturated carbocycles. The Labute approximate surface area is 97.1 Å². The fourth-order valence-electron chi connectivity index (χ4n) is 2.13. The number of Topliss-reactive ketones (excluding diaryl/α,β-unsaturated/α-hetero) is 1. The highest BCUT2D eigenvalue weighted by atomic mass is 16.1. The van der Waals surface area contributed by atoms with Crippen molar-refractivity contribution in [2.24, 2.45) is 5.92 Å². The lowest BCUT2D eigenvalue weighted by Crippen LogP contribution is -2.04. The Morgan fingerprint density at radius 1 is 1.38 bits per heavy atom. The molecule has 0 heterocycles. The summed E-state index contributed by atoms with van der Waals surface area (Å²) in [5, 5.41) is 3.51. The number of anilines is 1. The van der Waals surface area contributed by atoms with E-state index in [1.807, 2.05) is 24.3 Å². The van der Waals surface area contributed by atoms with Gasteiger partial charge in [-0.2, -0.15) is 0 Å². The molecule has 0 aliphatic heterocycles. The number of carbonyl (C=O) groups is 1. The zero-order valence-electron chi connectivity index (χ0n) is 9.99. The van der Waals surface area contributed by atoms with E-state index < -0.39 is 0 Å². The molecule has 2 nitrogen and oxygen atoms in total. The van der Waals surface area contributed by atoms with E-state index in [1.165, 1.54) is 19.3 Å². The van der Waals surface area contributed by atoms with E-state index in [0.717, 1.165) is 17.2 Å². The van der Waals surface area contributed by atoms with Crippen LogP contribution in [0.4, 0.5) is 5.69 Å². The Balaban J connectivity index is 1.89. The van der Waals surface area contributed by atoms with Crippen LogP contribution in [0.25, 0.3) is 0 Å². The summed E-state index contributed by atoms with van der Waals surface area (Å²) in [4.78, 5) is 11.1. The number of carbonyl (C=O) groups excluding carboxylic acids is 1. The summed E-state index contributed by atoms with van der Waals surface area (Å²) in [5.74, 6) is 0.985. The lowest BCUT2D eigenvalue weighted by molar-refractivity contribution is 0.101. The average molecular weight is 217 g/mol. The molecule has 0 saturated heterocycles. The number of ketones is 1. The molecule has 86 valence electrons. The standard InChI is InChI=1S/C14H19NO/c1-3-4-12-9-14(12)15-13-7-5-11(6-8-13)10(2)16/h5-8,12,14-15H,3-4,9H2,1-2H3. The van der Waals surface area contributed by atoms with Crippen molar-refractivity contribution >= 4 is 11.5 Å². The van der Waals surface area contributed by atoms with Crippen LogP contribution < -0.4 is 5.32 Å². The number of nitrogens with one attached hydrogen (secondary N) is 1. The average Bonchev–Trinajstić information content (AvgIpc) is 2.98. The Morgan fingerprint density at radius 2 is 2.06 bits per heavy atom. The minimum absolute atomic E-state index is 0.127. The molecular formula is C14H19NO. The number of rotatable bonds is 5. The van der Waals surface area contributed by atoms with E-state index in [9.17, 15) is 4.79 Å². The van der Waals surface area contributed by atoms with Crippen molar-refractivity contribution in [3.05, 3.63) is 29.8 Å². The van der Waals surface area contributed by atoms with Crippen molar-refractivity contribution in [3.63, 3.8) is 0 Å². The number of hydrogen-bond acceptors (Lipinski definition) is 2. The van der Waals surface area contributed by atoms with Crippen molar-refractivity contribution < 1.29 is 4.79 Å². The van der Waals surface area contributed by atoms with E-state index in [-0.39, 0.29) is 5.78 Å². The first-order chi connectivity index (χ1) is 7.70.